The zero-order chi connectivity index (χ0) is 22.1. The summed E-state index contributed by atoms with van der Waals surface area (Å²) in [6, 6.07) is 10.8. The number of carbonyl (C=O) groups excluding carboxylic acids is 1. The number of benzene rings is 2. The number of amides is 1. The Bertz CT molecular complexity index is 1110. The summed E-state index contributed by atoms with van der Waals surface area (Å²) in [5.41, 5.74) is 3.16. The molecule has 0 atom stereocenters. The molecule has 8 heteroatoms. The van der Waals surface area contributed by atoms with Crippen LogP contribution in [-0.4, -0.2) is 39.1 Å². The van der Waals surface area contributed by atoms with E-state index in [1.807, 2.05) is 25.1 Å². The van der Waals surface area contributed by atoms with Crippen LogP contribution in [0.4, 0.5) is 5.69 Å². The molecule has 30 heavy (non-hydrogen) atoms. The molecule has 156 valence electrons. The van der Waals surface area contributed by atoms with E-state index in [2.05, 4.69) is 36.4 Å². The molecule has 0 bridgehead atoms. The number of nitrogens with zero attached hydrogens (tertiary/aromatic N) is 3. The van der Waals surface area contributed by atoms with Gasteiger partial charge >= 0.3 is 5.97 Å². The van der Waals surface area contributed by atoms with Crippen molar-refractivity contribution in [1.82, 2.24) is 15.0 Å². The molecule has 0 spiro atoms. The molecule has 2 N–H and O–H groups in total. The molecule has 0 fully saturated rings. The SMILES string of the molecule is COc1ccc(C(C)(C)C)cc1NC(=O)c1ccc(C)c(-n2cc(C(=O)O)nn2)c1. The van der Waals surface area contributed by atoms with Crippen LogP contribution in [0.1, 0.15) is 52.7 Å². The van der Waals surface area contributed by atoms with E-state index in [4.69, 9.17) is 9.84 Å². The molecule has 0 aliphatic carbocycles. The Morgan fingerprint density at radius 3 is 2.47 bits per heavy atom. The summed E-state index contributed by atoms with van der Waals surface area (Å²) in [6.07, 6.45) is 1.31. The molecule has 0 unspecified atom stereocenters. The number of hydrogen-bond acceptors (Lipinski definition) is 5. The van der Waals surface area contributed by atoms with Crippen LogP contribution in [0.15, 0.2) is 42.6 Å². The second kappa shape index (κ2) is 7.98. The summed E-state index contributed by atoms with van der Waals surface area (Å²) in [7, 11) is 1.55. The van der Waals surface area contributed by atoms with Crippen LogP contribution < -0.4 is 10.1 Å². The predicted octanol–water partition coefficient (Wildman–Crippen LogP) is 3.83. The van der Waals surface area contributed by atoms with Crippen LogP contribution >= 0.6 is 0 Å². The van der Waals surface area contributed by atoms with Crippen molar-refractivity contribution in [2.24, 2.45) is 0 Å². The highest BCUT2D eigenvalue weighted by Crippen LogP contribution is 2.32. The van der Waals surface area contributed by atoms with Gasteiger partial charge in [-0.25, -0.2) is 9.48 Å². The van der Waals surface area contributed by atoms with E-state index < -0.39 is 5.97 Å². The summed E-state index contributed by atoms with van der Waals surface area (Å²) >= 11 is 0. The van der Waals surface area contributed by atoms with E-state index in [9.17, 15) is 9.59 Å². The van der Waals surface area contributed by atoms with Gasteiger partial charge in [0.1, 0.15) is 5.75 Å². The van der Waals surface area contributed by atoms with E-state index in [-0.39, 0.29) is 17.0 Å². The minimum atomic E-state index is -1.17. The summed E-state index contributed by atoms with van der Waals surface area (Å²) in [5.74, 6) is -0.927. The molecule has 1 heterocycles. The molecule has 1 amide bonds. The van der Waals surface area contributed by atoms with Gasteiger partial charge in [-0.3, -0.25) is 4.79 Å². The van der Waals surface area contributed by atoms with Gasteiger partial charge in [0.25, 0.3) is 5.91 Å². The normalized spacial score (nSPS) is 11.2. The van der Waals surface area contributed by atoms with Crippen molar-refractivity contribution in [2.75, 3.05) is 12.4 Å². The van der Waals surface area contributed by atoms with Crippen LogP contribution in [0.2, 0.25) is 0 Å². The molecule has 8 nitrogen and oxygen atoms in total. The van der Waals surface area contributed by atoms with Gasteiger partial charge < -0.3 is 15.2 Å². The van der Waals surface area contributed by atoms with Crippen molar-refractivity contribution in [1.29, 1.82) is 0 Å². The maximum Gasteiger partial charge on any atom is 0.358 e. The van der Waals surface area contributed by atoms with Gasteiger partial charge in [-0.2, -0.15) is 0 Å². The first-order valence-corrected chi connectivity index (χ1v) is 9.36. The number of anilines is 1. The standard InChI is InChI=1S/C22H24N4O4/c1-13-6-7-14(10-18(13)26-12-17(21(28)29)24-25-26)20(27)23-16-11-15(22(2,3)4)8-9-19(16)30-5/h6-12H,1-5H3,(H,23,27)(H,28,29). The Labute approximate surface area is 174 Å². The molecule has 0 saturated carbocycles. The maximum absolute atomic E-state index is 12.9. The number of aromatic nitrogens is 3. The van der Waals surface area contributed by atoms with E-state index >= 15 is 0 Å². The summed E-state index contributed by atoms with van der Waals surface area (Å²) in [5, 5.41) is 19.4. The fourth-order valence-corrected chi connectivity index (χ4v) is 2.94. The molecule has 0 radical (unpaired) electrons. The predicted molar refractivity (Wildman–Crippen MR) is 113 cm³/mol. The number of carbonyl (C=O) groups is 2. The second-order valence-electron chi connectivity index (χ2n) is 7.97. The van der Waals surface area contributed by atoms with Gasteiger partial charge in [-0.15, -0.1) is 5.10 Å². The molecular formula is C22H24N4O4. The lowest BCUT2D eigenvalue weighted by molar-refractivity contribution is 0.0690. The zero-order valence-corrected chi connectivity index (χ0v) is 17.6. The van der Waals surface area contributed by atoms with E-state index in [0.717, 1.165) is 11.1 Å². The number of methoxy groups -OCH3 is 1. The smallest absolute Gasteiger partial charge is 0.358 e. The number of carboxylic acids is 1. The first-order chi connectivity index (χ1) is 14.1. The number of hydrogen-bond donors (Lipinski definition) is 2. The molecule has 3 rings (SSSR count). The molecular weight excluding hydrogens is 384 g/mol. The maximum atomic E-state index is 12.9. The van der Waals surface area contributed by atoms with Crippen molar-refractivity contribution >= 4 is 17.6 Å². The molecule has 1 aromatic heterocycles. The van der Waals surface area contributed by atoms with Gasteiger partial charge in [0.05, 0.1) is 24.7 Å². The molecule has 0 aliphatic heterocycles. The third kappa shape index (κ3) is 4.32. The Kier molecular flexibility index (Phi) is 5.60. The number of carboxylic acid groups (broad SMARTS) is 1. The molecule has 2 aromatic carbocycles. The number of nitrogens with one attached hydrogen (secondary N) is 1. The third-order valence-electron chi connectivity index (χ3n) is 4.74. The summed E-state index contributed by atoms with van der Waals surface area (Å²) in [4.78, 5) is 24.0. The van der Waals surface area contributed by atoms with Crippen LogP contribution in [0.25, 0.3) is 5.69 Å². The van der Waals surface area contributed by atoms with Gasteiger partial charge in [0.2, 0.25) is 0 Å². The highest BCUT2D eigenvalue weighted by atomic mass is 16.5. The lowest BCUT2D eigenvalue weighted by atomic mass is 9.87. The largest absolute Gasteiger partial charge is 0.495 e. The zero-order valence-electron chi connectivity index (χ0n) is 17.6. The Hall–Kier alpha value is -3.68. The Balaban J connectivity index is 1.94. The van der Waals surface area contributed by atoms with Crippen molar-refractivity contribution in [3.05, 3.63) is 65.0 Å². The topological polar surface area (TPSA) is 106 Å². The number of aryl methyl sites for hydroxylation is 1. The minimum Gasteiger partial charge on any atom is -0.495 e. The Morgan fingerprint density at radius 2 is 1.87 bits per heavy atom. The number of rotatable bonds is 5. The highest BCUT2D eigenvalue weighted by Gasteiger charge is 2.18. The van der Waals surface area contributed by atoms with Crippen LogP contribution in [0.5, 0.6) is 5.75 Å². The van der Waals surface area contributed by atoms with Gasteiger partial charge in [0.15, 0.2) is 5.69 Å². The average Bonchev–Trinajstić information content (AvgIpc) is 3.18. The van der Waals surface area contributed by atoms with Gasteiger partial charge in [-0.1, -0.05) is 38.1 Å². The monoisotopic (exact) mass is 408 g/mol. The van der Waals surface area contributed by atoms with Crippen LogP contribution in [0, 0.1) is 6.92 Å². The quantitative estimate of drug-likeness (QED) is 0.664. The summed E-state index contributed by atoms with van der Waals surface area (Å²) < 4.78 is 6.74. The lowest BCUT2D eigenvalue weighted by Gasteiger charge is -2.21. The van der Waals surface area contributed by atoms with E-state index in [1.165, 1.54) is 10.9 Å². The van der Waals surface area contributed by atoms with Crippen molar-refractivity contribution in [2.45, 2.75) is 33.1 Å². The average molecular weight is 408 g/mol. The highest BCUT2D eigenvalue weighted by molar-refractivity contribution is 6.05. The first-order valence-electron chi connectivity index (χ1n) is 9.36. The van der Waals surface area contributed by atoms with Crippen LogP contribution in [0.3, 0.4) is 0 Å². The Morgan fingerprint density at radius 1 is 1.13 bits per heavy atom. The molecule has 0 aliphatic rings. The van der Waals surface area contributed by atoms with Gasteiger partial charge in [-0.05, 0) is 47.7 Å². The lowest BCUT2D eigenvalue weighted by Crippen LogP contribution is -2.16. The van der Waals surface area contributed by atoms with E-state index in [1.54, 1.807) is 25.3 Å². The van der Waals surface area contributed by atoms with Crippen LogP contribution in [-0.2, 0) is 5.41 Å². The van der Waals surface area contributed by atoms with Crippen molar-refractivity contribution in [3.8, 4) is 11.4 Å². The van der Waals surface area contributed by atoms with Crippen molar-refractivity contribution in [3.63, 3.8) is 0 Å². The summed E-state index contributed by atoms with van der Waals surface area (Å²) in [6.45, 7) is 8.12. The first kappa shape index (κ1) is 21.0. The third-order valence-corrected chi connectivity index (χ3v) is 4.74. The number of aromatic carboxylic acids is 1. The molecule has 0 saturated heterocycles. The minimum absolute atomic E-state index is 0.0856. The second-order valence-corrected chi connectivity index (χ2v) is 7.97. The van der Waals surface area contributed by atoms with E-state index in [0.29, 0.717) is 22.7 Å². The number of ether oxygens (including phenoxy) is 1. The van der Waals surface area contributed by atoms with Crippen molar-refractivity contribution < 1.29 is 19.4 Å². The van der Waals surface area contributed by atoms with Gasteiger partial charge in [0, 0.05) is 5.56 Å². The molecule has 3 aromatic rings. The fourth-order valence-electron chi connectivity index (χ4n) is 2.94. The fraction of sp³-hybridized carbons (Fsp3) is 0.273.